The Bertz CT molecular complexity index is 549. The quantitative estimate of drug-likeness (QED) is 0.875. The van der Waals surface area contributed by atoms with E-state index in [1.165, 1.54) is 12.8 Å². The number of carbonyl (C=O) groups is 2. The Balaban J connectivity index is 2.07. The van der Waals surface area contributed by atoms with Gasteiger partial charge in [-0.1, -0.05) is 38.3 Å². The average Bonchev–Trinajstić information content (AvgIpc) is 2.83. The van der Waals surface area contributed by atoms with Crippen LogP contribution in [0.4, 0.5) is 0 Å². The van der Waals surface area contributed by atoms with Crippen molar-refractivity contribution in [3.63, 3.8) is 0 Å². The number of nitrogens with one attached hydrogen (secondary N) is 1. The molecule has 0 saturated carbocycles. The number of hydrogen-bond acceptors (Lipinski definition) is 2. The molecule has 1 atom stereocenters. The van der Waals surface area contributed by atoms with Gasteiger partial charge in [-0.05, 0) is 49.4 Å². The van der Waals surface area contributed by atoms with Gasteiger partial charge in [0.15, 0.2) is 0 Å². The molecule has 0 bridgehead atoms. The zero-order valence-corrected chi connectivity index (χ0v) is 15.3. The summed E-state index contributed by atoms with van der Waals surface area (Å²) in [5.74, 6) is 0.157. The van der Waals surface area contributed by atoms with E-state index in [1.54, 1.807) is 24.3 Å². The topological polar surface area (TPSA) is 49.4 Å². The highest BCUT2D eigenvalue weighted by Gasteiger charge is 2.27. The first-order valence-electron chi connectivity index (χ1n) is 8.82. The molecule has 1 N–H and O–H groups in total. The lowest BCUT2D eigenvalue weighted by Crippen LogP contribution is -2.49. The maximum atomic E-state index is 12.9. The first kappa shape index (κ1) is 18.8. The Morgan fingerprint density at radius 3 is 2.21 bits per heavy atom. The second-order valence-electron chi connectivity index (χ2n) is 6.90. The van der Waals surface area contributed by atoms with Gasteiger partial charge < -0.3 is 10.2 Å². The van der Waals surface area contributed by atoms with Gasteiger partial charge in [-0.2, -0.15) is 0 Å². The Kier molecular flexibility index (Phi) is 7.10. The zero-order chi connectivity index (χ0) is 17.5. The molecule has 1 aliphatic rings. The zero-order valence-electron chi connectivity index (χ0n) is 14.6. The van der Waals surface area contributed by atoms with Crippen molar-refractivity contribution in [2.24, 2.45) is 5.92 Å². The number of hydrogen-bond donors (Lipinski definition) is 1. The van der Waals surface area contributed by atoms with E-state index in [0.717, 1.165) is 25.9 Å². The van der Waals surface area contributed by atoms with Crippen molar-refractivity contribution in [2.75, 3.05) is 13.1 Å². The minimum absolute atomic E-state index is 0.0490. The summed E-state index contributed by atoms with van der Waals surface area (Å²) in [6.07, 6.45) is 5.09. The number of likely N-dealkylation sites (tertiary alicyclic amines) is 1. The van der Waals surface area contributed by atoms with Crippen LogP contribution < -0.4 is 5.32 Å². The van der Waals surface area contributed by atoms with Gasteiger partial charge in [-0.15, -0.1) is 0 Å². The molecule has 1 saturated heterocycles. The van der Waals surface area contributed by atoms with Gasteiger partial charge in [0, 0.05) is 23.7 Å². The van der Waals surface area contributed by atoms with Crippen molar-refractivity contribution in [2.45, 2.75) is 52.0 Å². The minimum atomic E-state index is -0.466. The minimum Gasteiger partial charge on any atom is -0.341 e. The molecule has 5 heteroatoms. The van der Waals surface area contributed by atoms with Crippen LogP contribution in [-0.4, -0.2) is 35.8 Å². The first-order valence-corrected chi connectivity index (χ1v) is 9.20. The molecular formula is C19H27ClN2O2. The smallest absolute Gasteiger partial charge is 0.251 e. The second-order valence-corrected chi connectivity index (χ2v) is 7.34. The molecule has 1 fully saturated rings. The van der Waals surface area contributed by atoms with E-state index in [9.17, 15) is 9.59 Å². The van der Waals surface area contributed by atoms with Crippen molar-refractivity contribution in [1.82, 2.24) is 10.2 Å². The van der Waals surface area contributed by atoms with Crippen LogP contribution >= 0.6 is 11.6 Å². The lowest BCUT2D eigenvalue weighted by atomic mass is 10.0. The van der Waals surface area contributed by atoms with E-state index < -0.39 is 6.04 Å². The summed E-state index contributed by atoms with van der Waals surface area (Å²) >= 11 is 5.87. The summed E-state index contributed by atoms with van der Waals surface area (Å²) in [5.41, 5.74) is 0.525. The second kappa shape index (κ2) is 9.07. The fourth-order valence-corrected chi connectivity index (χ4v) is 3.17. The van der Waals surface area contributed by atoms with Crippen LogP contribution in [0, 0.1) is 5.92 Å². The van der Waals surface area contributed by atoms with Crippen molar-refractivity contribution >= 4 is 23.4 Å². The highest BCUT2D eigenvalue weighted by Crippen LogP contribution is 2.15. The van der Waals surface area contributed by atoms with E-state index >= 15 is 0 Å². The molecule has 1 unspecified atom stereocenters. The highest BCUT2D eigenvalue weighted by atomic mass is 35.5. The first-order chi connectivity index (χ1) is 11.5. The summed E-state index contributed by atoms with van der Waals surface area (Å²) < 4.78 is 0. The summed E-state index contributed by atoms with van der Waals surface area (Å²) in [5, 5.41) is 3.52. The molecule has 1 aliphatic heterocycles. The predicted molar refractivity (Wildman–Crippen MR) is 97.2 cm³/mol. The largest absolute Gasteiger partial charge is 0.341 e. The van der Waals surface area contributed by atoms with Crippen LogP contribution in [-0.2, 0) is 4.79 Å². The molecular weight excluding hydrogens is 324 g/mol. The third kappa shape index (κ3) is 5.52. The van der Waals surface area contributed by atoms with Crippen molar-refractivity contribution in [1.29, 1.82) is 0 Å². The van der Waals surface area contributed by atoms with Crippen LogP contribution in [0.5, 0.6) is 0 Å². The Labute approximate surface area is 149 Å². The van der Waals surface area contributed by atoms with E-state index in [2.05, 4.69) is 19.2 Å². The maximum absolute atomic E-state index is 12.9. The number of benzene rings is 1. The molecule has 1 aromatic rings. The Hall–Kier alpha value is -1.55. The third-order valence-electron chi connectivity index (χ3n) is 4.33. The van der Waals surface area contributed by atoms with Crippen molar-refractivity contribution in [3.05, 3.63) is 34.9 Å². The van der Waals surface area contributed by atoms with E-state index in [-0.39, 0.29) is 11.8 Å². The average molecular weight is 351 g/mol. The molecule has 0 spiro atoms. The number of carbonyl (C=O) groups excluding carboxylic acids is 2. The van der Waals surface area contributed by atoms with Crippen LogP contribution in [0.1, 0.15) is 56.3 Å². The number of nitrogens with zero attached hydrogens (tertiary/aromatic N) is 1. The van der Waals surface area contributed by atoms with Gasteiger partial charge in [0.2, 0.25) is 5.91 Å². The van der Waals surface area contributed by atoms with Crippen LogP contribution in [0.25, 0.3) is 0 Å². The molecule has 2 amide bonds. The van der Waals surface area contributed by atoms with Gasteiger partial charge in [0.1, 0.15) is 6.04 Å². The molecule has 0 aliphatic carbocycles. The summed E-state index contributed by atoms with van der Waals surface area (Å²) in [7, 11) is 0. The summed E-state index contributed by atoms with van der Waals surface area (Å²) in [6.45, 7) is 5.72. The maximum Gasteiger partial charge on any atom is 0.251 e. The number of rotatable bonds is 5. The normalized spacial score (nSPS) is 16.6. The molecule has 1 heterocycles. The molecule has 2 rings (SSSR count). The van der Waals surface area contributed by atoms with E-state index in [4.69, 9.17) is 11.6 Å². The molecule has 1 aromatic carbocycles. The molecule has 24 heavy (non-hydrogen) atoms. The summed E-state index contributed by atoms with van der Waals surface area (Å²) in [4.78, 5) is 27.3. The Morgan fingerprint density at radius 2 is 1.67 bits per heavy atom. The summed E-state index contributed by atoms with van der Waals surface area (Å²) in [6, 6.07) is 6.27. The van der Waals surface area contributed by atoms with Gasteiger partial charge >= 0.3 is 0 Å². The van der Waals surface area contributed by atoms with Gasteiger partial charge in [0.25, 0.3) is 5.91 Å². The Morgan fingerprint density at radius 1 is 1.08 bits per heavy atom. The SMILES string of the molecule is CC(C)CC(NC(=O)c1ccc(Cl)cc1)C(=O)N1CCCCCC1. The van der Waals surface area contributed by atoms with Gasteiger partial charge in [-0.3, -0.25) is 9.59 Å². The fraction of sp³-hybridized carbons (Fsp3) is 0.579. The molecule has 132 valence electrons. The highest BCUT2D eigenvalue weighted by molar-refractivity contribution is 6.30. The number of amides is 2. The van der Waals surface area contributed by atoms with Crippen LogP contribution in [0.2, 0.25) is 5.02 Å². The third-order valence-corrected chi connectivity index (χ3v) is 4.59. The number of halogens is 1. The lowest BCUT2D eigenvalue weighted by molar-refractivity contribution is -0.133. The van der Waals surface area contributed by atoms with Crippen molar-refractivity contribution < 1.29 is 9.59 Å². The molecule has 0 aromatic heterocycles. The fourth-order valence-electron chi connectivity index (χ4n) is 3.05. The lowest BCUT2D eigenvalue weighted by Gasteiger charge is -2.27. The molecule has 0 radical (unpaired) electrons. The standard InChI is InChI=1S/C19H27ClN2O2/c1-14(2)13-17(19(24)22-11-5-3-4-6-12-22)21-18(23)15-7-9-16(20)10-8-15/h7-10,14,17H,3-6,11-13H2,1-2H3,(H,21,23). The van der Waals surface area contributed by atoms with Crippen LogP contribution in [0.3, 0.4) is 0 Å². The monoisotopic (exact) mass is 350 g/mol. The van der Waals surface area contributed by atoms with Gasteiger partial charge in [-0.25, -0.2) is 0 Å². The van der Waals surface area contributed by atoms with E-state index in [1.807, 2.05) is 4.90 Å². The van der Waals surface area contributed by atoms with Gasteiger partial charge in [0.05, 0.1) is 0 Å². The predicted octanol–water partition coefficient (Wildman–Crippen LogP) is 3.89. The van der Waals surface area contributed by atoms with Crippen molar-refractivity contribution in [3.8, 4) is 0 Å². The van der Waals surface area contributed by atoms with Crippen LogP contribution in [0.15, 0.2) is 24.3 Å². The molecule has 4 nitrogen and oxygen atoms in total. The van der Waals surface area contributed by atoms with E-state index in [0.29, 0.717) is 22.9 Å².